The summed E-state index contributed by atoms with van der Waals surface area (Å²) < 4.78 is 19.0. The van der Waals surface area contributed by atoms with Gasteiger partial charge < -0.3 is 24.8 Å². The molecule has 232 valence electrons. The topological polar surface area (TPSA) is 122 Å². The normalized spacial score (nSPS) is 14.8. The number of fused-ring (bicyclic) bond motifs is 2. The molecule has 10 nitrogen and oxygen atoms in total. The van der Waals surface area contributed by atoms with E-state index in [0.717, 1.165) is 50.5 Å². The highest BCUT2D eigenvalue weighted by molar-refractivity contribution is 6.02. The fourth-order valence-electron chi connectivity index (χ4n) is 5.93. The number of anilines is 1. The van der Waals surface area contributed by atoms with Crippen molar-refractivity contribution in [3.63, 3.8) is 0 Å². The predicted octanol–water partition coefficient (Wildman–Crippen LogP) is 6.31. The summed E-state index contributed by atoms with van der Waals surface area (Å²) >= 11 is 0. The van der Waals surface area contributed by atoms with Gasteiger partial charge in [0.25, 0.3) is 0 Å². The van der Waals surface area contributed by atoms with Crippen LogP contribution in [0, 0.1) is 0 Å². The van der Waals surface area contributed by atoms with E-state index in [1.165, 1.54) is 0 Å². The third-order valence-corrected chi connectivity index (χ3v) is 8.01. The van der Waals surface area contributed by atoms with E-state index in [1.54, 1.807) is 18.0 Å². The zero-order valence-electron chi connectivity index (χ0n) is 25.7. The minimum absolute atomic E-state index is 0.0219. The van der Waals surface area contributed by atoms with Gasteiger partial charge in [-0.15, -0.1) is 0 Å². The number of nitrogens with zero attached hydrogens (tertiary/aromatic N) is 4. The summed E-state index contributed by atoms with van der Waals surface area (Å²) in [4.78, 5) is 30.9. The number of amides is 1. The van der Waals surface area contributed by atoms with Gasteiger partial charge in [-0.05, 0) is 68.0 Å². The molecule has 0 bridgehead atoms. The lowest BCUT2D eigenvalue weighted by molar-refractivity contribution is -0.142. The second-order valence-corrected chi connectivity index (χ2v) is 11.4. The van der Waals surface area contributed by atoms with E-state index in [9.17, 15) is 9.59 Å². The van der Waals surface area contributed by atoms with E-state index >= 15 is 0 Å². The highest BCUT2D eigenvalue weighted by Crippen LogP contribution is 2.35. The van der Waals surface area contributed by atoms with Crippen LogP contribution in [0.1, 0.15) is 44.5 Å². The van der Waals surface area contributed by atoms with Crippen molar-refractivity contribution < 1.29 is 23.8 Å². The standard InChI is InChI=1S/C35H37N5O5/c1-4-43-33(41)19-24-8-5-6-11-32(24)44-21-30-29-18-23(26-9-7-10-28-27(26)14-16-37-34(28)36)12-13-31(29)40(38-30)25-15-17-39(20-25)35(42)45-22(2)3/h5-14,16,18,22,25H,4,15,17,19-21H2,1-3H3,(H2,36,37)/t25-/m1/s1. The number of nitrogens with two attached hydrogens (primary N) is 1. The molecule has 10 heteroatoms. The van der Waals surface area contributed by atoms with Crippen molar-refractivity contribution in [1.29, 1.82) is 0 Å². The molecule has 0 aliphatic carbocycles. The Hall–Kier alpha value is -5.12. The molecular formula is C35H37N5O5. The Morgan fingerprint density at radius 3 is 2.69 bits per heavy atom. The van der Waals surface area contributed by atoms with Gasteiger partial charge >= 0.3 is 12.1 Å². The largest absolute Gasteiger partial charge is 0.487 e. The molecule has 1 atom stereocenters. The summed E-state index contributed by atoms with van der Waals surface area (Å²) in [6.07, 6.45) is 2.10. The SMILES string of the molecule is CCOC(=O)Cc1ccccc1OCc1nn([C@@H]2CCN(C(=O)OC(C)C)C2)c2ccc(-c3cccc4c(N)nccc34)cc12. The number of aromatic nitrogens is 3. The number of carbonyl (C=O) groups is 2. The van der Waals surface area contributed by atoms with Crippen LogP contribution in [0.2, 0.25) is 0 Å². The fraction of sp³-hybridized carbons (Fsp3) is 0.314. The Morgan fingerprint density at radius 2 is 1.87 bits per heavy atom. The minimum Gasteiger partial charge on any atom is -0.487 e. The van der Waals surface area contributed by atoms with E-state index in [4.69, 9.17) is 25.0 Å². The maximum absolute atomic E-state index is 12.7. The molecule has 1 aliphatic heterocycles. The maximum Gasteiger partial charge on any atom is 0.410 e. The summed E-state index contributed by atoms with van der Waals surface area (Å²) in [6, 6.07) is 21.8. The van der Waals surface area contributed by atoms with Crippen LogP contribution in [0.25, 0.3) is 32.8 Å². The molecule has 0 unspecified atom stereocenters. The van der Waals surface area contributed by atoms with Crippen LogP contribution in [-0.4, -0.2) is 57.5 Å². The first-order valence-corrected chi connectivity index (χ1v) is 15.3. The number of hydrogen-bond acceptors (Lipinski definition) is 8. The molecular weight excluding hydrogens is 570 g/mol. The van der Waals surface area contributed by atoms with Crippen LogP contribution >= 0.6 is 0 Å². The molecule has 3 aromatic carbocycles. The first-order chi connectivity index (χ1) is 21.8. The van der Waals surface area contributed by atoms with Crippen molar-refractivity contribution in [3.05, 3.63) is 84.2 Å². The van der Waals surface area contributed by atoms with Gasteiger partial charge in [0.05, 0.1) is 30.7 Å². The van der Waals surface area contributed by atoms with Crippen LogP contribution in [0.5, 0.6) is 5.75 Å². The molecule has 2 aromatic heterocycles. The molecule has 1 fully saturated rings. The highest BCUT2D eigenvalue weighted by atomic mass is 16.6. The van der Waals surface area contributed by atoms with Crippen LogP contribution < -0.4 is 10.5 Å². The molecule has 0 spiro atoms. The van der Waals surface area contributed by atoms with E-state index in [0.29, 0.717) is 31.3 Å². The first-order valence-electron chi connectivity index (χ1n) is 15.3. The molecule has 1 amide bonds. The zero-order chi connectivity index (χ0) is 31.5. The summed E-state index contributed by atoms with van der Waals surface area (Å²) in [7, 11) is 0. The molecule has 2 N–H and O–H groups in total. The molecule has 3 heterocycles. The Labute approximate surface area is 261 Å². The van der Waals surface area contributed by atoms with Crippen LogP contribution in [0.4, 0.5) is 10.6 Å². The molecule has 45 heavy (non-hydrogen) atoms. The molecule has 1 saturated heterocycles. The number of para-hydroxylation sites is 1. The summed E-state index contributed by atoms with van der Waals surface area (Å²) in [5.41, 5.74) is 10.7. The molecule has 0 saturated carbocycles. The number of benzene rings is 3. The van der Waals surface area contributed by atoms with E-state index in [2.05, 4.69) is 29.2 Å². The second kappa shape index (κ2) is 12.9. The lowest BCUT2D eigenvalue weighted by Crippen LogP contribution is -2.31. The average molecular weight is 608 g/mol. The van der Waals surface area contributed by atoms with Crippen molar-refractivity contribution in [2.45, 2.75) is 52.4 Å². The van der Waals surface area contributed by atoms with Gasteiger partial charge in [0.1, 0.15) is 23.9 Å². The number of esters is 1. The number of carbonyl (C=O) groups excluding carboxylic acids is 2. The molecule has 6 rings (SSSR count). The number of ether oxygens (including phenoxy) is 3. The van der Waals surface area contributed by atoms with Gasteiger partial charge in [0.2, 0.25) is 0 Å². The molecule has 5 aromatic rings. The highest BCUT2D eigenvalue weighted by Gasteiger charge is 2.31. The fourth-order valence-corrected chi connectivity index (χ4v) is 5.93. The van der Waals surface area contributed by atoms with E-state index in [-0.39, 0.29) is 37.2 Å². The second-order valence-electron chi connectivity index (χ2n) is 11.4. The number of rotatable bonds is 9. The van der Waals surface area contributed by atoms with Gasteiger partial charge in [0, 0.05) is 35.6 Å². The average Bonchev–Trinajstić information content (AvgIpc) is 3.66. The Bertz CT molecular complexity index is 1870. The third kappa shape index (κ3) is 6.26. The first kappa shape index (κ1) is 29.9. The smallest absolute Gasteiger partial charge is 0.410 e. The van der Waals surface area contributed by atoms with Crippen LogP contribution in [0.3, 0.4) is 0 Å². The lowest BCUT2D eigenvalue weighted by Gasteiger charge is -2.18. The molecule has 1 aliphatic rings. The van der Waals surface area contributed by atoms with Gasteiger partial charge in [-0.1, -0.05) is 42.5 Å². The zero-order valence-corrected chi connectivity index (χ0v) is 25.7. The van der Waals surface area contributed by atoms with Crippen molar-refractivity contribution in [1.82, 2.24) is 19.7 Å². The Kier molecular flexibility index (Phi) is 8.55. The lowest BCUT2D eigenvalue weighted by atomic mass is 9.97. The van der Waals surface area contributed by atoms with E-state index < -0.39 is 0 Å². The van der Waals surface area contributed by atoms with Crippen molar-refractivity contribution >= 4 is 39.6 Å². The van der Waals surface area contributed by atoms with Crippen LogP contribution in [0.15, 0.2) is 72.9 Å². The number of hydrogen-bond donors (Lipinski definition) is 1. The van der Waals surface area contributed by atoms with Gasteiger partial charge in [0.15, 0.2) is 0 Å². The monoisotopic (exact) mass is 607 g/mol. The van der Waals surface area contributed by atoms with E-state index in [1.807, 2.05) is 61.0 Å². The Balaban J connectivity index is 1.37. The predicted molar refractivity (Wildman–Crippen MR) is 173 cm³/mol. The number of nitrogen functional groups attached to an aromatic ring is 1. The maximum atomic E-state index is 12.7. The van der Waals surface area contributed by atoms with Gasteiger partial charge in [-0.25, -0.2) is 9.78 Å². The van der Waals surface area contributed by atoms with Crippen LogP contribution in [-0.2, 0) is 27.3 Å². The third-order valence-electron chi connectivity index (χ3n) is 8.01. The summed E-state index contributed by atoms with van der Waals surface area (Å²) in [6.45, 7) is 7.09. The van der Waals surface area contributed by atoms with Crippen molar-refractivity contribution in [2.24, 2.45) is 0 Å². The summed E-state index contributed by atoms with van der Waals surface area (Å²) in [5.74, 6) is 0.783. The minimum atomic E-state index is -0.308. The summed E-state index contributed by atoms with van der Waals surface area (Å²) in [5, 5.41) is 7.91. The van der Waals surface area contributed by atoms with Gasteiger partial charge in [-0.3, -0.25) is 9.48 Å². The molecule has 0 radical (unpaired) electrons. The number of pyridine rings is 1. The van der Waals surface area contributed by atoms with Gasteiger partial charge in [-0.2, -0.15) is 5.10 Å². The number of likely N-dealkylation sites (tertiary alicyclic amines) is 1. The quantitative estimate of drug-likeness (QED) is 0.194. The Morgan fingerprint density at radius 1 is 1.02 bits per heavy atom. The van der Waals surface area contributed by atoms with Crippen molar-refractivity contribution in [3.8, 4) is 16.9 Å². The van der Waals surface area contributed by atoms with Crippen molar-refractivity contribution in [2.75, 3.05) is 25.4 Å².